The molecule has 1 fully saturated rings. The van der Waals surface area contributed by atoms with Crippen LogP contribution in [0.3, 0.4) is 0 Å². The first-order chi connectivity index (χ1) is 12.0. The first kappa shape index (κ1) is 17.3. The van der Waals surface area contributed by atoms with Gasteiger partial charge in [-0.1, -0.05) is 18.2 Å². The van der Waals surface area contributed by atoms with E-state index in [1.165, 1.54) is 23.6 Å². The van der Waals surface area contributed by atoms with Crippen molar-refractivity contribution in [2.24, 2.45) is 0 Å². The average Bonchev–Trinajstić information content (AvgIpc) is 3.21. The summed E-state index contributed by atoms with van der Waals surface area (Å²) in [4.78, 5) is 40.3. The molecule has 0 aliphatic carbocycles. The van der Waals surface area contributed by atoms with Crippen molar-refractivity contribution in [3.05, 3.63) is 36.0 Å². The second kappa shape index (κ2) is 7.18. The van der Waals surface area contributed by atoms with Gasteiger partial charge in [-0.2, -0.15) is 0 Å². The van der Waals surface area contributed by atoms with Crippen LogP contribution in [-0.4, -0.2) is 56.5 Å². The highest BCUT2D eigenvalue weighted by atomic mass is 32.2. The molecule has 1 aromatic carbocycles. The van der Waals surface area contributed by atoms with Crippen molar-refractivity contribution in [2.45, 2.75) is 25.4 Å². The lowest BCUT2D eigenvalue weighted by Crippen LogP contribution is -2.52. The standard InChI is InChI=1S/C17H19N3O4S/c1-10(21)20-9-25-8-15(20)16(22)19-14(17(23)24)6-11-7-18-13-5-3-2-4-12(11)13/h2-5,7,14-15,18H,6,8-9H2,1H3,(H,19,22)(H,23,24)/t14-,15+/m1/s1. The highest BCUT2D eigenvalue weighted by Crippen LogP contribution is 2.22. The third-order valence-corrected chi connectivity index (χ3v) is 5.32. The van der Waals surface area contributed by atoms with E-state index in [-0.39, 0.29) is 12.3 Å². The van der Waals surface area contributed by atoms with E-state index in [1.807, 2.05) is 24.3 Å². The van der Waals surface area contributed by atoms with Crippen LogP contribution in [0, 0.1) is 0 Å². The second-order valence-electron chi connectivity index (χ2n) is 5.97. The SMILES string of the molecule is CC(=O)N1CSC[C@H]1C(=O)N[C@H](Cc1c[nH]c2ccccc12)C(=O)O. The van der Waals surface area contributed by atoms with Crippen LogP contribution >= 0.6 is 11.8 Å². The Hall–Kier alpha value is -2.48. The van der Waals surface area contributed by atoms with Gasteiger partial charge in [0, 0.05) is 36.2 Å². The van der Waals surface area contributed by atoms with Crippen LogP contribution in [0.2, 0.25) is 0 Å². The first-order valence-corrected chi connectivity index (χ1v) is 9.06. The van der Waals surface area contributed by atoms with Crippen LogP contribution in [0.25, 0.3) is 10.9 Å². The number of carbonyl (C=O) groups is 3. The molecule has 3 rings (SSSR count). The van der Waals surface area contributed by atoms with Crippen LogP contribution in [0.15, 0.2) is 30.5 Å². The quantitative estimate of drug-likeness (QED) is 0.743. The molecule has 1 saturated heterocycles. The number of carbonyl (C=O) groups excluding carboxylic acids is 2. The van der Waals surface area contributed by atoms with Crippen molar-refractivity contribution in [2.75, 3.05) is 11.6 Å². The number of amides is 2. The number of para-hydroxylation sites is 1. The fraction of sp³-hybridized carbons (Fsp3) is 0.353. The number of H-pyrrole nitrogens is 1. The largest absolute Gasteiger partial charge is 0.480 e. The van der Waals surface area contributed by atoms with Crippen LogP contribution in [0.1, 0.15) is 12.5 Å². The Labute approximate surface area is 148 Å². The zero-order valence-electron chi connectivity index (χ0n) is 13.7. The molecule has 2 heterocycles. The summed E-state index contributed by atoms with van der Waals surface area (Å²) in [5, 5.41) is 13.0. The topological polar surface area (TPSA) is 103 Å². The number of carboxylic acids is 1. The molecule has 7 nitrogen and oxygen atoms in total. The lowest BCUT2D eigenvalue weighted by Gasteiger charge is -2.23. The number of fused-ring (bicyclic) bond motifs is 1. The monoisotopic (exact) mass is 361 g/mol. The van der Waals surface area contributed by atoms with Gasteiger partial charge in [-0.3, -0.25) is 9.59 Å². The van der Waals surface area contributed by atoms with Gasteiger partial charge in [0.2, 0.25) is 11.8 Å². The first-order valence-electron chi connectivity index (χ1n) is 7.90. The molecule has 1 aliphatic heterocycles. The van der Waals surface area contributed by atoms with Crippen LogP contribution < -0.4 is 5.32 Å². The Morgan fingerprint density at radius 2 is 2.16 bits per heavy atom. The predicted octanol–water partition coefficient (Wildman–Crippen LogP) is 1.20. The third-order valence-electron chi connectivity index (χ3n) is 4.30. The summed E-state index contributed by atoms with van der Waals surface area (Å²) in [6.45, 7) is 1.41. The molecule has 0 radical (unpaired) electrons. The summed E-state index contributed by atoms with van der Waals surface area (Å²) < 4.78 is 0. The number of hydrogen-bond donors (Lipinski definition) is 3. The fourth-order valence-corrected chi connectivity index (χ4v) is 4.18. The van der Waals surface area contributed by atoms with Crippen LogP contribution in [0.5, 0.6) is 0 Å². The number of aliphatic carboxylic acids is 1. The summed E-state index contributed by atoms with van der Waals surface area (Å²) >= 11 is 1.48. The van der Waals surface area contributed by atoms with Crippen LogP contribution in [0.4, 0.5) is 0 Å². The number of nitrogens with one attached hydrogen (secondary N) is 2. The summed E-state index contributed by atoms with van der Waals surface area (Å²) in [5.41, 5.74) is 1.75. The number of aromatic amines is 1. The van der Waals surface area contributed by atoms with Crippen molar-refractivity contribution in [3.8, 4) is 0 Å². The number of thioether (sulfide) groups is 1. The number of rotatable bonds is 5. The van der Waals surface area contributed by atoms with Gasteiger partial charge in [0.25, 0.3) is 0 Å². The molecule has 2 aromatic rings. The minimum atomic E-state index is -1.10. The van der Waals surface area contributed by atoms with Crippen molar-refractivity contribution in [1.29, 1.82) is 0 Å². The van der Waals surface area contributed by atoms with Gasteiger partial charge in [0.05, 0.1) is 5.88 Å². The predicted molar refractivity (Wildman–Crippen MR) is 95.2 cm³/mol. The maximum Gasteiger partial charge on any atom is 0.326 e. The van der Waals surface area contributed by atoms with E-state index >= 15 is 0 Å². The molecular formula is C17H19N3O4S. The van der Waals surface area contributed by atoms with E-state index in [1.54, 1.807) is 6.20 Å². The molecule has 1 aliphatic rings. The van der Waals surface area contributed by atoms with E-state index in [2.05, 4.69) is 10.3 Å². The molecule has 1 aromatic heterocycles. The highest BCUT2D eigenvalue weighted by molar-refractivity contribution is 7.99. The summed E-state index contributed by atoms with van der Waals surface area (Å²) in [7, 11) is 0. The van der Waals surface area contributed by atoms with Gasteiger partial charge in [-0.15, -0.1) is 11.8 Å². The van der Waals surface area contributed by atoms with Gasteiger partial charge >= 0.3 is 5.97 Å². The number of aromatic nitrogens is 1. The van der Waals surface area contributed by atoms with E-state index in [0.29, 0.717) is 11.6 Å². The summed E-state index contributed by atoms with van der Waals surface area (Å²) in [5.74, 6) is -0.780. The maximum absolute atomic E-state index is 12.5. The summed E-state index contributed by atoms with van der Waals surface area (Å²) in [6.07, 6.45) is 1.94. The zero-order valence-corrected chi connectivity index (χ0v) is 14.5. The molecule has 0 unspecified atom stereocenters. The van der Waals surface area contributed by atoms with E-state index in [4.69, 9.17) is 0 Å². The number of benzene rings is 1. The Kier molecular flexibility index (Phi) is 4.98. The Morgan fingerprint density at radius 3 is 2.88 bits per heavy atom. The second-order valence-corrected chi connectivity index (χ2v) is 6.97. The van der Waals surface area contributed by atoms with Crippen molar-refractivity contribution < 1.29 is 19.5 Å². The molecule has 25 heavy (non-hydrogen) atoms. The molecule has 3 N–H and O–H groups in total. The molecule has 2 amide bonds. The lowest BCUT2D eigenvalue weighted by atomic mass is 10.0. The van der Waals surface area contributed by atoms with E-state index in [9.17, 15) is 19.5 Å². The Bertz CT molecular complexity index is 819. The van der Waals surface area contributed by atoms with Gasteiger partial charge in [-0.25, -0.2) is 4.79 Å². The number of hydrogen-bond acceptors (Lipinski definition) is 4. The molecular weight excluding hydrogens is 342 g/mol. The fourth-order valence-electron chi connectivity index (χ4n) is 2.96. The van der Waals surface area contributed by atoms with E-state index < -0.39 is 24.0 Å². The zero-order chi connectivity index (χ0) is 18.0. The van der Waals surface area contributed by atoms with Crippen molar-refractivity contribution in [3.63, 3.8) is 0 Å². The smallest absolute Gasteiger partial charge is 0.326 e. The third kappa shape index (κ3) is 3.63. The molecule has 8 heteroatoms. The van der Waals surface area contributed by atoms with Crippen LogP contribution in [-0.2, 0) is 20.8 Å². The van der Waals surface area contributed by atoms with E-state index in [0.717, 1.165) is 16.5 Å². The minimum Gasteiger partial charge on any atom is -0.480 e. The Balaban J connectivity index is 1.74. The van der Waals surface area contributed by atoms with Gasteiger partial charge in [0.15, 0.2) is 0 Å². The number of carboxylic acid groups (broad SMARTS) is 1. The normalized spacial score (nSPS) is 18.3. The average molecular weight is 361 g/mol. The van der Waals surface area contributed by atoms with Gasteiger partial charge in [0.1, 0.15) is 12.1 Å². The van der Waals surface area contributed by atoms with Gasteiger partial charge in [-0.05, 0) is 11.6 Å². The Morgan fingerprint density at radius 1 is 1.40 bits per heavy atom. The van der Waals surface area contributed by atoms with Crippen molar-refractivity contribution in [1.82, 2.24) is 15.2 Å². The lowest BCUT2D eigenvalue weighted by molar-refractivity contribution is -0.143. The minimum absolute atomic E-state index is 0.172. The number of nitrogens with zero attached hydrogens (tertiary/aromatic N) is 1. The molecule has 0 saturated carbocycles. The molecule has 2 atom stereocenters. The molecule has 0 bridgehead atoms. The maximum atomic E-state index is 12.5. The molecule has 0 spiro atoms. The molecule has 132 valence electrons. The van der Waals surface area contributed by atoms with Crippen molar-refractivity contribution >= 4 is 40.4 Å². The summed E-state index contributed by atoms with van der Waals surface area (Å²) in [6, 6.07) is 5.93. The van der Waals surface area contributed by atoms with Gasteiger partial charge < -0.3 is 20.3 Å². The highest BCUT2D eigenvalue weighted by Gasteiger charge is 2.35.